The smallest absolute Gasteiger partial charge is 0.373 e. The van der Waals surface area contributed by atoms with Crippen LogP contribution >= 0.6 is 0 Å². The van der Waals surface area contributed by atoms with E-state index >= 15 is 0 Å². The molecule has 0 saturated heterocycles. The van der Waals surface area contributed by atoms with E-state index in [0.717, 1.165) is 6.20 Å². The van der Waals surface area contributed by atoms with Crippen LogP contribution in [0.25, 0.3) is 11.8 Å². The van der Waals surface area contributed by atoms with Crippen molar-refractivity contribution < 1.29 is 18.7 Å². The third-order valence-electron chi connectivity index (χ3n) is 1.33. The molecule has 0 aromatic carbocycles. The first-order valence-corrected chi connectivity index (χ1v) is 3.36. The van der Waals surface area contributed by atoms with Crippen molar-refractivity contribution in [2.45, 2.75) is 0 Å². The molecule has 0 fully saturated rings. The zero-order chi connectivity index (χ0) is 9.26. The summed E-state index contributed by atoms with van der Waals surface area (Å²) in [5.74, 6) is -1.20. The van der Waals surface area contributed by atoms with Crippen LogP contribution in [0.5, 0.6) is 0 Å². The fourth-order valence-corrected chi connectivity index (χ4v) is 0.801. The maximum absolute atomic E-state index is 10.4. The largest absolute Gasteiger partial charge is 0.475 e. The van der Waals surface area contributed by atoms with Gasteiger partial charge in [-0.1, -0.05) is 0 Å². The third kappa shape index (κ3) is 1.28. The van der Waals surface area contributed by atoms with Gasteiger partial charge in [-0.3, -0.25) is 0 Å². The number of rotatable bonds is 2. The summed E-state index contributed by atoms with van der Waals surface area (Å²) in [6, 6.07) is 0. The molecule has 0 amide bonds. The van der Waals surface area contributed by atoms with E-state index in [1.165, 1.54) is 12.5 Å². The van der Waals surface area contributed by atoms with Crippen LogP contribution in [0, 0.1) is 0 Å². The standard InChI is InChI=1S/C7H4N2O4/c10-7(11)4-3-9-6(13-4)5-8-1-2-12-5/h1-3H,(H,10,11). The summed E-state index contributed by atoms with van der Waals surface area (Å²) < 4.78 is 9.67. The molecule has 6 heteroatoms. The number of aromatic nitrogens is 2. The summed E-state index contributed by atoms with van der Waals surface area (Å²) in [7, 11) is 0. The Morgan fingerprint density at radius 1 is 1.38 bits per heavy atom. The normalized spacial score (nSPS) is 10.2. The van der Waals surface area contributed by atoms with E-state index in [2.05, 4.69) is 9.97 Å². The Bertz CT molecular complexity index is 417. The SMILES string of the molecule is O=C(O)c1cnc(-c2ncco2)o1. The van der Waals surface area contributed by atoms with Crippen LogP contribution in [0.15, 0.2) is 27.5 Å². The van der Waals surface area contributed by atoms with Gasteiger partial charge < -0.3 is 13.9 Å². The van der Waals surface area contributed by atoms with Gasteiger partial charge in [-0.25, -0.2) is 14.8 Å². The summed E-state index contributed by atoms with van der Waals surface area (Å²) in [5.41, 5.74) is 0. The topological polar surface area (TPSA) is 89.4 Å². The van der Waals surface area contributed by atoms with E-state index in [1.54, 1.807) is 0 Å². The van der Waals surface area contributed by atoms with Gasteiger partial charge in [0.25, 0.3) is 11.8 Å². The number of carboxylic acids is 1. The Kier molecular flexibility index (Phi) is 1.59. The molecule has 2 heterocycles. The van der Waals surface area contributed by atoms with Gasteiger partial charge in [0.1, 0.15) is 6.26 Å². The zero-order valence-electron chi connectivity index (χ0n) is 6.30. The van der Waals surface area contributed by atoms with Crippen LogP contribution in [0.1, 0.15) is 10.6 Å². The van der Waals surface area contributed by atoms with Gasteiger partial charge in [0.2, 0.25) is 5.76 Å². The fourth-order valence-electron chi connectivity index (χ4n) is 0.801. The van der Waals surface area contributed by atoms with Gasteiger partial charge in [0, 0.05) is 0 Å². The van der Waals surface area contributed by atoms with E-state index in [9.17, 15) is 4.79 Å². The number of oxazole rings is 2. The first-order chi connectivity index (χ1) is 6.27. The highest BCUT2D eigenvalue weighted by Crippen LogP contribution is 2.16. The fraction of sp³-hybridized carbons (Fsp3) is 0. The quantitative estimate of drug-likeness (QED) is 0.742. The molecule has 2 rings (SSSR count). The van der Waals surface area contributed by atoms with Crippen molar-refractivity contribution in [3.63, 3.8) is 0 Å². The van der Waals surface area contributed by atoms with Gasteiger partial charge in [-0.05, 0) is 0 Å². The van der Waals surface area contributed by atoms with E-state index in [0.29, 0.717) is 0 Å². The van der Waals surface area contributed by atoms with Crippen LogP contribution in [0.4, 0.5) is 0 Å². The molecule has 0 saturated carbocycles. The molecule has 0 aliphatic carbocycles. The number of aromatic carboxylic acids is 1. The van der Waals surface area contributed by atoms with Gasteiger partial charge in [0.15, 0.2) is 0 Å². The second kappa shape index (κ2) is 2.74. The first-order valence-electron chi connectivity index (χ1n) is 3.36. The van der Waals surface area contributed by atoms with Crippen LogP contribution in [-0.2, 0) is 0 Å². The van der Waals surface area contributed by atoms with Crippen molar-refractivity contribution in [3.05, 3.63) is 24.4 Å². The first kappa shape index (κ1) is 7.53. The molecule has 0 bridgehead atoms. The van der Waals surface area contributed by atoms with Crippen molar-refractivity contribution in [2.24, 2.45) is 0 Å². The maximum atomic E-state index is 10.4. The molecule has 13 heavy (non-hydrogen) atoms. The highest BCUT2D eigenvalue weighted by molar-refractivity contribution is 5.84. The molecule has 2 aromatic rings. The monoisotopic (exact) mass is 180 g/mol. The minimum absolute atomic E-state index is 0.0578. The minimum Gasteiger partial charge on any atom is -0.475 e. The Balaban J connectivity index is 2.39. The predicted molar refractivity (Wildman–Crippen MR) is 39.0 cm³/mol. The third-order valence-corrected chi connectivity index (χ3v) is 1.33. The molecule has 2 aromatic heterocycles. The molecule has 1 N–H and O–H groups in total. The maximum Gasteiger partial charge on any atom is 0.373 e. The lowest BCUT2D eigenvalue weighted by atomic mass is 10.5. The number of nitrogens with zero attached hydrogens (tertiary/aromatic N) is 2. The van der Waals surface area contributed by atoms with Gasteiger partial charge in [-0.2, -0.15) is 0 Å². The number of carboxylic acid groups (broad SMARTS) is 1. The lowest BCUT2D eigenvalue weighted by Gasteiger charge is -1.84. The molecule has 0 aliphatic rings. The molecule has 0 unspecified atom stereocenters. The number of hydrogen-bond acceptors (Lipinski definition) is 5. The molecule has 0 aliphatic heterocycles. The Morgan fingerprint density at radius 2 is 2.23 bits per heavy atom. The number of carbonyl (C=O) groups is 1. The van der Waals surface area contributed by atoms with Crippen LogP contribution in [0.2, 0.25) is 0 Å². The van der Waals surface area contributed by atoms with E-state index < -0.39 is 5.97 Å². The predicted octanol–water partition coefficient (Wildman–Crippen LogP) is 1.03. The summed E-state index contributed by atoms with van der Waals surface area (Å²) >= 11 is 0. The molecule has 6 nitrogen and oxygen atoms in total. The summed E-state index contributed by atoms with van der Waals surface area (Å²) in [4.78, 5) is 17.8. The van der Waals surface area contributed by atoms with Gasteiger partial charge in [-0.15, -0.1) is 0 Å². The highest BCUT2D eigenvalue weighted by atomic mass is 16.4. The van der Waals surface area contributed by atoms with Crippen molar-refractivity contribution in [1.29, 1.82) is 0 Å². The van der Waals surface area contributed by atoms with Crippen molar-refractivity contribution in [1.82, 2.24) is 9.97 Å². The van der Waals surface area contributed by atoms with Crippen LogP contribution in [-0.4, -0.2) is 21.0 Å². The Morgan fingerprint density at radius 3 is 2.77 bits per heavy atom. The van der Waals surface area contributed by atoms with Crippen LogP contribution in [0.3, 0.4) is 0 Å². The summed E-state index contributed by atoms with van der Waals surface area (Å²) in [5, 5.41) is 8.51. The minimum atomic E-state index is -1.18. The molecule has 0 radical (unpaired) electrons. The summed E-state index contributed by atoms with van der Waals surface area (Å²) in [6.45, 7) is 0. The Labute approximate surface area is 71.8 Å². The molecular weight excluding hydrogens is 176 g/mol. The average molecular weight is 180 g/mol. The molecule has 0 spiro atoms. The lowest BCUT2D eigenvalue weighted by Crippen LogP contribution is -1.91. The molecule has 0 atom stereocenters. The number of hydrogen-bond donors (Lipinski definition) is 1. The second-order valence-electron chi connectivity index (χ2n) is 2.17. The van der Waals surface area contributed by atoms with Crippen LogP contribution < -0.4 is 0 Å². The second-order valence-corrected chi connectivity index (χ2v) is 2.17. The van der Waals surface area contributed by atoms with Crippen molar-refractivity contribution in [2.75, 3.05) is 0 Å². The summed E-state index contributed by atoms with van der Waals surface area (Å²) in [6.07, 6.45) is 3.86. The lowest BCUT2D eigenvalue weighted by molar-refractivity contribution is 0.0663. The highest BCUT2D eigenvalue weighted by Gasteiger charge is 2.14. The molecule has 66 valence electrons. The average Bonchev–Trinajstić information content (AvgIpc) is 2.75. The molecular formula is C7H4N2O4. The van der Waals surface area contributed by atoms with E-state index in [-0.39, 0.29) is 17.5 Å². The Hall–Kier alpha value is -2.11. The van der Waals surface area contributed by atoms with Crippen molar-refractivity contribution >= 4 is 5.97 Å². The van der Waals surface area contributed by atoms with Gasteiger partial charge in [0.05, 0.1) is 12.4 Å². The zero-order valence-corrected chi connectivity index (χ0v) is 6.30. The van der Waals surface area contributed by atoms with Crippen molar-refractivity contribution in [3.8, 4) is 11.8 Å². The van der Waals surface area contributed by atoms with Gasteiger partial charge >= 0.3 is 5.97 Å². The van der Waals surface area contributed by atoms with E-state index in [4.69, 9.17) is 13.9 Å². The van der Waals surface area contributed by atoms with E-state index in [1.807, 2.05) is 0 Å².